The molecule has 0 bridgehead atoms. The average Bonchev–Trinajstić information content (AvgIpc) is 2.88. The summed E-state index contributed by atoms with van der Waals surface area (Å²) < 4.78 is 0. The van der Waals surface area contributed by atoms with E-state index in [4.69, 9.17) is 0 Å². The van der Waals surface area contributed by atoms with E-state index in [1.807, 2.05) is 0 Å². The maximum Gasteiger partial charge on any atom is 0.335 e. The maximum atomic E-state index is 11.6. The van der Waals surface area contributed by atoms with Crippen LogP contribution in [0.2, 0.25) is 0 Å². The normalized spacial score (nSPS) is 10.6. The molecule has 0 radical (unpaired) electrons. The molecule has 0 aliphatic carbocycles. The van der Waals surface area contributed by atoms with E-state index in [0.717, 1.165) is 6.07 Å². The Morgan fingerprint density at radius 3 is 1.28 bits per heavy atom. The van der Waals surface area contributed by atoms with Crippen molar-refractivity contribution in [1.29, 1.82) is 0 Å². The average molecular weight is 482 g/mol. The molecule has 0 saturated heterocycles. The van der Waals surface area contributed by atoms with Crippen molar-refractivity contribution >= 4 is 23.9 Å². The van der Waals surface area contributed by atoms with Crippen LogP contribution < -0.4 is 0 Å². The number of aromatic carboxylic acids is 4. The first-order valence-electron chi connectivity index (χ1n) is 10.6. The zero-order valence-corrected chi connectivity index (χ0v) is 18.5. The van der Waals surface area contributed by atoms with Crippen LogP contribution in [-0.4, -0.2) is 44.3 Å². The van der Waals surface area contributed by atoms with Crippen LogP contribution >= 0.6 is 0 Å². The molecule has 0 amide bonds. The van der Waals surface area contributed by atoms with Crippen LogP contribution in [0.3, 0.4) is 0 Å². The monoisotopic (exact) mass is 482 g/mol. The molecule has 0 fully saturated rings. The largest absolute Gasteiger partial charge is 0.478 e. The Kier molecular flexibility index (Phi) is 6.34. The second kappa shape index (κ2) is 9.55. The summed E-state index contributed by atoms with van der Waals surface area (Å²) in [6.07, 6.45) is 0. The molecular weight excluding hydrogens is 464 g/mol. The van der Waals surface area contributed by atoms with Crippen LogP contribution in [0.1, 0.15) is 41.4 Å². The fourth-order valence-corrected chi connectivity index (χ4v) is 3.81. The van der Waals surface area contributed by atoms with Gasteiger partial charge in [0.2, 0.25) is 0 Å². The SMILES string of the molecule is O=C(O)c1ccc(-c2cc(-c3cccc(C(=O)O)c3)cc(-c3cc(C(=O)O)cc(C(=O)O)c3)c2)cc1. The highest BCUT2D eigenvalue weighted by molar-refractivity contribution is 5.97. The molecule has 4 rings (SSSR count). The Morgan fingerprint density at radius 2 is 0.778 bits per heavy atom. The summed E-state index contributed by atoms with van der Waals surface area (Å²) in [6, 6.07) is 21.4. The highest BCUT2D eigenvalue weighted by Crippen LogP contribution is 2.34. The highest BCUT2D eigenvalue weighted by Gasteiger charge is 2.15. The standard InChI is InChI=1S/C28H18O8/c29-25(30)16-6-4-15(5-7-16)19-9-20(17-2-1-3-18(8-17)26(31)32)11-21(10-19)22-12-23(27(33)34)14-24(13-22)28(35)36/h1-14H,(H,29,30)(H,31,32)(H,33,34)(H,35,36). The van der Waals surface area contributed by atoms with Gasteiger partial charge in [-0.15, -0.1) is 0 Å². The molecule has 0 spiro atoms. The van der Waals surface area contributed by atoms with Gasteiger partial charge in [0.1, 0.15) is 0 Å². The molecule has 36 heavy (non-hydrogen) atoms. The van der Waals surface area contributed by atoms with Crippen molar-refractivity contribution in [2.24, 2.45) is 0 Å². The molecule has 0 saturated carbocycles. The van der Waals surface area contributed by atoms with Crippen LogP contribution in [0.25, 0.3) is 33.4 Å². The van der Waals surface area contributed by atoms with Crippen molar-refractivity contribution < 1.29 is 39.6 Å². The third-order valence-corrected chi connectivity index (χ3v) is 5.60. The molecule has 0 unspecified atom stereocenters. The van der Waals surface area contributed by atoms with Gasteiger partial charge in [0.25, 0.3) is 0 Å². The minimum Gasteiger partial charge on any atom is -0.478 e. The number of rotatable bonds is 7. The van der Waals surface area contributed by atoms with Crippen LogP contribution in [0, 0.1) is 0 Å². The third kappa shape index (κ3) is 4.97. The van der Waals surface area contributed by atoms with Crippen molar-refractivity contribution in [2.75, 3.05) is 0 Å². The quantitative estimate of drug-likeness (QED) is 0.270. The van der Waals surface area contributed by atoms with Gasteiger partial charge in [0, 0.05) is 0 Å². The summed E-state index contributed by atoms with van der Waals surface area (Å²) >= 11 is 0. The summed E-state index contributed by atoms with van der Waals surface area (Å²) in [5, 5.41) is 37.6. The fourth-order valence-electron chi connectivity index (χ4n) is 3.81. The number of benzene rings is 4. The number of hydrogen-bond donors (Lipinski definition) is 4. The Bertz CT molecular complexity index is 1500. The second-order valence-corrected chi connectivity index (χ2v) is 7.98. The Morgan fingerprint density at radius 1 is 0.361 bits per heavy atom. The van der Waals surface area contributed by atoms with Crippen molar-refractivity contribution in [3.05, 3.63) is 107 Å². The van der Waals surface area contributed by atoms with Gasteiger partial charge in [-0.2, -0.15) is 0 Å². The molecule has 8 nitrogen and oxygen atoms in total. The Labute approximate surface area is 204 Å². The van der Waals surface area contributed by atoms with Gasteiger partial charge in [-0.25, -0.2) is 19.2 Å². The zero-order valence-electron chi connectivity index (χ0n) is 18.5. The minimum atomic E-state index is -1.28. The summed E-state index contributed by atoms with van der Waals surface area (Å²) in [5.41, 5.74) is 3.09. The highest BCUT2D eigenvalue weighted by atomic mass is 16.4. The molecule has 0 aliphatic heterocycles. The molecule has 0 heterocycles. The topological polar surface area (TPSA) is 149 Å². The molecule has 4 N–H and O–H groups in total. The summed E-state index contributed by atoms with van der Waals surface area (Å²) in [7, 11) is 0. The van der Waals surface area contributed by atoms with Gasteiger partial charge in [-0.1, -0.05) is 24.3 Å². The number of carboxylic acid groups (broad SMARTS) is 4. The Hall–Kier alpha value is -5.24. The summed E-state index contributed by atoms with van der Waals surface area (Å²) in [4.78, 5) is 46.0. The number of hydrogen-bond acceptors (Lipinski definition) is 4. The van der Waals surface area contributed by atoms with Crippen molar-refractivity contribution in [1.82, 2.24) is 0 Å². The Balaban J connectivity index is 1.96. The molecule has 0 atom stereocenters. The van der Waals surface area contributed by atoms with Gasteiger partial charge in [-0.3, -0.25) is 0 Å². The molecule has 4 aromatic rings. The summed E-state index contributed by atoms with van der Waals surface area (Å²) in [5.74, 6) is -4.74. The molecule has 178 valence electrons. The van der Waals surface area contributed by atoms with Crippen LogP contribution in [0.5, 0.6) is 0 Å². The van der Waals surface area contributed by atoms with E-state index in [1.54, 1.807) is 42.5 Å². The lowest BCUT2D eigenvalue weighted by molar-refractivity contribution is 0.0680. The van der Waals surface area contributed by atoms with Gasteiger partial charge < -0.3 is 20.4 Å². The number of carboxylic acids is 4. The van der Waals surface area contributed by atoms with Crippen molar-refractivity contribution in [3.8, 4) is 33.4 Å². The molecule has 0 aromatic heterocycles. The minimum absolute atomic E-state index is 0.0753. The molecule has 0 aliphatic rings. The van der Waals surface area contributed by atoms with Gasteiger partial charge in [0.05, 0.1) is 22.3 Å². The van der Waals surface area contributed by atoms with E-state index in [-0.39, 0.29) is 22.3 Å². The van der Waals surface area contributed by atoms with E-state index in [0.29, 0.717) is 33.4 Å². The van der Waals surface area contributed by atoms with Crippen LogP contribution in [0.15, 0.2) is 84.9 Å². The molecular formula is C28H18O8. The zero-order chi connectivity index (χ0) is 26.0. The second-order valence-electron chi connectivity index (χ2n) is 7.98. The van der Waals surface area contributed by atoms with Crippen LogP contribution in [-0.2, 0) is 0 Å². The number of carbonyl (C=O) groups is 4. The lowest BCUT2D eigenvalue weighted by Crippen LogP contribution is -2.03. The van der Waals surface area contributed by atoms with E-state index >= 15 is 0 Å². The first kappa shape index (κ1) is 23.9. The van der Waals surface area contributed by atoms with E-state index < -0.39 is 23.9 Å². The predicted octanol–water partition coefficient (Wildman–Crippen LogP) is 5.48. The van der Waals surface area contributed by atoms with Crippen LogP contribution in [0.4, 0.5) is 0 Å². The van der Waals surface area contributed by atoms with E-state index in [2.05, 4.69) is 0 Å². The lowest BCUT2D eigenvalue weighted by atomic mass is 9.91. The fraction of sp³-hybridized carbons (Fsp3) is 0. The predicted molar refractivity (Wildman–Crippen MR) is 131 cm³/mol. The molecule has 4 aromatic carbocycles. The molecule has 8 heteroatoms. The van der Waals surface area contributed by atoms with E-state index in [9.17, 15) is 39.6 Å². The third-order valence-electron chi connectivity index (χ3n) is 5.60. The van der Waals surface area contributed by atoms with Gasteiger partial charge in [0.15, 0.2) is 0 Å². The lowest BCUT2D eigenvalue weighted by Gasteiger charge is -2.13. The maximum absolute atomic E-state index is 11.6. The van der Waals surface area contributed by atoms with E-state index in [1.165, 1.54) is 36.4 Å². The van der Waals surface area contributed by atoms with Gasteiger partial charge in [-0.05, 0) is 94.0 Å². The first-order chi connectivity index (χ1) is 17.1. The summed E-state index contributed by atoms with van der Waals surface area (Å²) in [6.45, 7) is 0. The van der Waals surface area contributed by atoms with Crippen molar-refractivity contribution in [2.45, 2.75) is 0 Å². The first-order valence-corrected chi connectivity index (χ1v) is 10.6. The van der Waals surface area contributed by atoms with Gasteiger partial charge >= 0.3 is 23.9 Å². The van der Waals surface area contributed by atoms with Crippen molar-refractivity contribution in [3.63, 3.8) is 0 Å². The smallest absolute Gasteiger partial charge is 0.335 e.